The number of fused-ring (bicyclic) bond motifs is 7. The molecular formula is C34H54O5. The molecule has 1 unspecified atom stereocenters. The van der Waals surface area contributed by atoms with Crippen molar-refractivity contribution in [2.75, 3.05) is 20.8 Å². The fraction of sp³-hybridized carbons (Fsp3) is 0.882. The van der Waals surface area contributed by atoms with Crippen LogP contribution in [-0.4, -0.2) is 38.9 Å². The van der Waals surface area contributed by atoms with Crippen molar-refractivity contribution in [3.8, 4) is 0 Å². The summed E-state index contributed by atoms with van der Waals surface area (Å²) < 4.78 is 17.3. The monoisotopic (exact) mass is 542 g/mol. The van der Waals surface area contributed by atoms with Gasteiger partial charge in [-0.25, -0.2) is 0 Å². The lowest BCUT2D eigenvalue weighted by Gasteiger charge is -2.71. The second-order valence-electron chi connectivity index (χ2n) is 15.9. The number of esters is 2. The molecule has 0 spiro atoms. The molecule has 0 bridgehead atoms. The van der Waals surface area contributed by atoms with Crippen molar-refractivity contribution in [1.29, 1.82) is 0 Å². The molecule has 5 aliphatic rings. The number of carbonyl (C=O) groups excluding carboxylic acids is 2. The molecule has 0 saturated heterocycles. The average Bonchev–Trinajstić information content (AvgIpc) is 2.85. The van der Waals surface area contributed by atoms with Gasteiger partial charge < -0.3 is 14.2 Å². The van der Waals surface area contributed by atoms with Gasteiger partial charge in [0.05, 0.1) is 19.1 Å². The molecule has 0 aromatic carbocycles. The van der Waals surface area contributed by atoms with Gasteiger partial charge in [-0.2, -0.15) is 0 Å². The summed E-state index contributed by atoms with van der Waals surface area (Å²) in [6.45, 7) is 16.9. The van der Waals surface area contributed by atoms with Crippen LogP contribution < -0.4 is 0 Å². The maximum absolute atomic E-state index is 13.5. The van der Waals surface area contributed by atoms with Crippen LogP contribution in [0.15, 0.2) is 11.6 Å². The fourth-order valence-electron chi connectivity index (χ4n) is 11.5. The summed E-state index contributed by atoms with van der Waals surface area (Å²) in [5, 5.41) is 0. The van der Waals surface area contributed by atoms with Crippen molar-refractivity contribution in [3.05, 3.63) is 11.6 Å². The van der Waals surface area contributed by atoms with Crippen LogP contribution in [0.1, 0.15) is 113 Å². The average molecular weight is 543 g/mol. The molecule has 0 aliphatic heterocycles. The third kappa shape index (κ3) is 3.94. The highest BCUT2D eigenvalue weighted by Crippen LogP contribution is 2.76. The number of hydrogen-bond donors (Lipinski definition) is 0. The Labute approximate surface area is 237 Å². The second kappa shape index (κ2) is 9.33. The Morgan fingerprint density at radius 3 is 2.23 bits per heavy atom. The van der Waals surface area contributed by atoms with Gasteiger partial charge in [0.25, 0.3) is 0 Å². The van der Waals surface area contributed by atoms with Crippen LogP contribution in [-0.2, 0) is 23.8 Å². The van der Waals surface area contributed by atoms with E-state index in [0.717, 1.165) is 57.8 Å². The summed E-state index contributed by atoms with van der Waals surface area (Å²) in [7, 11) is 3.37. The van der Waals surface area contributed by atoms with Crippen LogP contribution in [0, 0.1) is 50.2 Å². The Hall–Kier alpha value is -1.36. The Morgan fingerprint density at radius 2 is 1.59 bits per heavy atom. The van der Waals surface area contributed by atoms with E-state index in [9.17, 15) is 9.59 Å². The van der Waals surface area contributed by atoms with Crippen LogP contribution in [0.4, 0.5) is 0 Å². The predicted molar refractivity (Wildman–Crippen MR) is 153 cm³/mol. The summed E-state index contributed by atoms with van der Waals surface area (Å²) >= 11 is 0. The summed E-state index contributed by atoms with van der Waals surface area (Å²) in [6, 6.07) is 0. The SMILES string of the molecule is COC[C@]1(C)C2CC[C@]3(C)[C@H](CC=C4[C@H]5CC(C)(C)CC[C@]5(C(=O)OC)CC[C@]43C)[C@@]2(C)CC[C@@H]1OC(C)=O. The molecule has 0 heterocycles. The molecule has 5 heteroatoms. The Balaban J connectivity index is 1.56. The van der Waals surface area contributed by atoms with E-state index in [1.807, 2.05) is 0 Å². The molecule has 9 atom stereocenters. The molecule has 0 radical (unpaired) electrons. The van der Waals surface area contributed by atoms with Gasteiger partial charge in [0.2, 0.25) is 0 Å². The minimum absolute atomic E-state index is 0.0213. The number of hydrogen-bond acceptors (Lipinski definition) is 5. The zero-order valence-corrected chi connectivity index (χ0v) is 26.2. The van der Waals surface area contributed by atoms with Crippen molar-refractivity contribution < 1.29 is 23.8 Å². The molecule has 5 aliphatic carbocycles. The van der Waals surface area contributed by atoms with Crippen molar-refractivity contribution in [1.82, 2.24) is 0 Å². The maximum atomic E-state index is 13.5. The van der Waals surface area contributed by atoms with Crippen molar-refractivity contribution in [3.63, 3.8) is 0 Å². The Kier molecular flexibility index (Phi) is 6.97. The minimum Gasteiger partial charge on any atom is -0.469 e. The first kappa shape index (κ1) is 29.1. The predicted octanol–water partition coefficient (Wildman–Crippen LogP) is 7.52. The summed E-state index contributed by atoms with van der Waals surface area (Å²) in [6.07, 6.45) is 13.0. The van der Waals surface area contributed by atoms with Crippen molar-refractivity contribution in [2.45, 2.75) is 119 Å². The number of carbonyl (C=O) groups is 2. The first-order chi connectivity index (χ1) is 18.1. The maximum Gasteiger partial charge on any atom is 0.312 e. The number of ether oxygens (including phenoxy) is 3. The van der Waals surface area contributed by atoms with Gasteiger partial charge in [0.15, 0.2) is 0 Å². The van der Waals surface area contributed by atoms with Gasteiger partial charge in [-0.1, -0.05) is 53.2 Å². The highest BCUT2D eigenvalue weighted by Gasteiger charge is 2.70. The van der Waals surface area contributed by atoms with E-state index >= 15 is 0 Å². The molecule has 0 amide bonds. The van der Waals surface area contributed by atoms with E-state index in [1.165, 1.54) is 13.3 Å². The normalized spacial score (nSPS) is 48.4. The van der Waals surface area contributed by atoms with Gasteiger partial charge in [-0.3, -0.25) is 9.59 Å². The lowest BCUT2D eigenvalue weighted by atomic mass is 9.33. The third-order valence-corrected chi connectivity index (χ3v) is 13.7. The molecule has 4 saturated carbocycles. The van der Waals surface area contributed by atoms with E-state index < -0.39 is 0 Å². The minimum atomic E-state index is -0.362. The number of allylic oxidation sites excluding steroid dienone is 2. The quantitative estimate of drug-likeness (QED) is 0.272. The van der Waals surface area contributed by atoms with E-state index in [4.69, 9.17) is 14.2 Å². The molecule has 4 fully saturated rings. The molecule has 39 heavy (non-hydrogen) atoms. The van der Waals surface area contributed by atoms with Crippen molar-refractivity contribution >= 4 is 11.9 Å². The third-order valence-electron chi connectivity index (χ3n) is 13.7. The first-order valence-electron chi connectivity index (χ1n) is 15.6. The standard InChI is InChI=1S/C34H54O5/c1-22(35)39-27-13-14-30(4)25(31(27,5)21-37-8)12-15-33(7)26(30)11-10-23-24-20-29(2,3)16-18-34(24,28(36)38-9)19-17-32(23,33)6/h10,24-27H,11-21H2,1-9H3/t24-,25?,26-,27+,30+,31-,32-,33-,34+/m1/s1. The van der Waals surface area contributed by atoms with Gasteiger partial charge in [-0.15, -0.1) is 0 Å². The van der Waals surface area contributed by atoms with Gasteiger partial charge in [0.1, 0.15) is 6.10 Å². The Morgan fingerprint density at radius 1 is 0.897 bits per heavy atom. The van der Waals surface area contributed by atoms with E-state index in [0.29, 0.717) is 18.4 Å². The van der Waals surface area contributed by atoms with Crippen molar-refractivity contribution in [2.24, 2.45) is 50.2 Å². The zero-order chi connectivity index (χ0) is 28.6. The lowest BCUT2D eigenvalue weighted by Crippen LogP contribution is -2.66. The summed E-state index contributed by atoms with van der Waals surface area (Å²) in [5.41, 5.74) is 1.63. The van der Waals surface area contributed by atoms with E-state index in [-0.39, 0.29) is 56.5 Å². The topological polar surface area (TPSA) is 61.8 Å². The second-order valence-corrected chi connectivity index (χ2v) is 15.9. The molecular weight excluding hydrogens is 488 g/mol. The van der Waals surface area contributed by atoms with Crippen LogP contribution in [0.2, 0.25) is 0 Å². The lowest BCUT2D eigenvalue weighted by molar-refractivity contribution is -0.225. The van der Waals surface area contributed by atoms with Crippen LogP contribution in [0.5, 0.6) is 0 Å². The molecule has 0 aromatic rings. The van der Waals surface area contributed by atoms with Gasteiger partial charge in [0, 0.05) is 19.4 Å². The summed E-state index contributed by atoms with van der Waals surface area (Å²) in [4.78, 5) is 25.5. The van der Waals surface area contributed by atoms with Gasteiger partial charge >= 0.3 is 11.9 Å². The van der Waals surface area contributed by atoms with Gasteiger partial charge in [-0.05, 0) is 104 Å². The van der Waals surface area contributed by atoms with E-state index in [1.54, 1.807) is 19.8 Å². The molecule has 0 N–H and O–H groups in total. The number of rotatable bonds is 4. The smallest absolute Gasteiger partial charge is 0.312 e. The van der Waals surface area contributed by atoms with E-state index in [2.05, 4.69) is 47.6 Å². The highest BCUT2D eigenvalue weighted by molar-refractivity contribution is 5.78. The molecule has 5 rings (SSSR count). The summed E-state index contributed by atoms with van der Waals surface area (Å²) in [5.74, 6) is 1.10. The van der Waals surface area contributed by atoms with Crippen LogP contribution in [0.25, 0.3) is 0 Å². The first-order valence-corrected chi connectivity index (χ1v) is 15.6. The zero-order valence-electron chi connectivity index (χ0n) is 26.2. The van der Waals surface area contributed by atoms with Crippen LogP contribution in [0.3, 0.4) is 0 Å². The highest BCUT2D eigenvalue weighted by atomic mass is 16.5. The molecule has 0 aromatic heterocycles. The molecule has 220 valence electrons. The molecule has 5 nitrogen and oxygen atoms in total. The Bertz CT molecular complexity index is 1050. The van der Waals surface area contributed by atoms with Crippen LogP contribution >= 0.6 is 0 Å². The largest absolute Gasteiger partial charge is 0.469 e. The fourth-order valence-corrected chi connectivity index (χ4v) is 11.5. The number of methoxy groups -OCH3 is 2.